The molecule has 0 radical (unpaired) electrons. The summed E-state index contributed by atoms with van der Waals surface area (Å²) in [5, 5.41) is 17.6. The first-order valence-electron chi connectivity index (χ1n) is 5.57. The number of carboxylic acids is 1. The Morgan fingerprint density at radius 2 is 2.10 bits per heavy atom. The van der Waals surface area contributed by atoms with Crippen molar-refractivity contribution in [3.05, 3.63) is 45.8 Å². The van der Waals surface area contributed by atoms with Crippen molar-refractivity contribution in [2.75, 3.05) is 6.61 Å². The zero-order valence-corrected chi connectivity index (χ0v) is 10.6. The van der Waals surface area contributed by atoms with Gasteiger partial charge in [-0.15, -0.1) is 11.6 Å². The van der Waals surface area contributed by atoms with Crippen LogP contribution in [0.3, 0.4) is 0 Å². The van der Waals surface area contributed by atoms with Gasteiger partial charge in [-0.2, -0.15) is 0 Å². The third-order valence-electron chi connectivity index (χ3n) is 2.69. The number of carbonyl (C=O) groups is 1. The second-order valence-electron chi connectivity index (χ2n) is 4.06. The van der Waals surface area contributed by atoms with Gasteiger partial charge in [-0.3, -0.25) is 4.79 Å². The number of para-hydroxylation sites is 1. The molecule has 0 bridgehead atoms. The molecule has 0 aliphatic carbocycles. The minimum atomic E-state index is -1.31. The number of aliphatic hydroxyl groups is 1. The Morgan fingerprint density at radius 3 is 2.70 bits per heavy atom. The van der Waals surface area contributed by atoms with Gasteiger partial charge in [0, 0.05) is 6.07 Å². The number of alkyl halides is 1. The standard InChI is InChI=1S/C13H11ClO5.Na.H/c14-8(6-15)4-7-2-1-3-9-10(16)5-11(13(17)18)19-12(7)9;;/h1-3,5,8,15H,4,6H2,(H,17,18);;. The molecule has 2 rings (SSSR count). The van der Waals surface area contributed by atoms with Crippen LogP contribution in [-0.2, 0) is 6.42 Å². The average Bonchev–Trinajstić information content (AvgIpc) is 2.39. The van der Waals surface area contributed by atoms with Gasteiger partial charge in [0.2, 0.25) is 5.76 Å². The first-order valence-corrected chi connectivity index (χ1v) is 6.00. The Morgan fingerprint density at radius 1 is 1.40 bits per heavy atom. The van der Waals surface area contributed by atoms with Gasteiger partial charge in [0.05, 0.1) is 17.4 Å². The van der Waals surface area contributed by atoms with Gasteiger partial charge in [0.15, 0.2) is 5.43 Å². The number of aromatic carboxylic acids is 1. The quantitative estimate of drug-likeness (QED) is 0.649. The van der Waals surface area contributed by atoms with E-state index in [2.05, 4.69) is 0 Å². The summed E-state index contributed by atoms with van der Waals surface area (Å²) in [6.45, 7) is -0.221. The van der Waals surface area contributed by atoms with Gasteiger partial charge in [0.1, 0.15) is 5.58 Å². The molecule has 2 N–H and O–H groups in total. The molecule has 5 nitrogen and oxygen atoms in total. The van der Waals surface area contributed by atoms with Gasteiger partial charge in [-0.25, -0.2) is 4.79 Å². The summed E-state index contributed by atoms with van der Waals surface area (Å²) in [7, 11) is 0. The Hall–Kier alpha value is -0.850. The molecule has 0 aliphatic rings. The third kappa shape index (κ3) is 3.62. The van der Waals surface area contributed by atoms with E-state index in [4.69, 9.17) is 26.2 Å². The molecule has 1 aromatic carbocycles. The zero-order chi connectivity index (χ0) is 14.0. The molecule has 0 saturated heterocycles. The summed E-state index contributed by atoms with van der Waals surface area (Å²) in [5.74, 6) is -1.72. The molecule has 0 aliphatic heterocycles. The van der Waals surface area contributed by atoms with Crippen molar-refractivity contribution in [1.82, 2.24) is 0 Å². The van der Waals surface area contributed by atoms with Crippen LogP contribution in [0.1, 0.15) is 16.1 Å². The van der Waals surface area contributed by atoms with E-state index in [0.29, 0.717) is 10.9 Å². The molecule has 1 aromatic heterocycles. The molecule has 1 unspecified atom stereocenters. The van der Waals surface area contributed by atoms with Crippen LogP contribution >= 0.6 is 11.6 Å². The van der Waals surface area contributed by atoms with E-state index in [-0.39, 0.29) is 48.2 Å². The molecule has 7 heteroatoms. The van der Waals surface area contributed by atoms with E-state index >= 15 is 0 Å². The third-order valence-corrected chi connectivity index (χ3v) is 2.98. The topological polar surface area (TPSA) is 87.7 Å². The Kier molecular flexibility index (Phi) is 6.23. The van der Waals surface area contributed by atoms with Crippen molar-refractivity contribution in [3.8, 4) is 0 Å². The maximum atomic E-state index is 11.8. The van der Waals surface area contributed by atoms with Crippen molar-refractivity contribution in [3.63, 3.8) is 0 Å². The van der Waals surface area contributed by atoms with E-state index in [1.165, 1.54) is 0 Å². The molecule has 0 saturated carbocycles. The first-order chi connectivity index (χ1) is 9.02. The number of aliphatic hydroxyl groups excluding tert-OH is 1. The molecule has 20 heavy (non-hydrogen) atoms. The fraction of sp³-hybridized carbons (Fsp3) is 0.231. The fourth-order valence-corrected chi connectivity index (χ4v) is 1.97. The van der Waals surface area contributed by atoms with Crippen molar-refractivity contribution in [1.29, 1.82) is 0 Å². The van der Waals surface area contributed by atoms with Gasteiger partial charge in [-0.05, 0) is 18.1 Å². The van der Waals surface area contributed by atoms with Crippen LogP contribution in [0, 0.1) is 0 Å². The molecule has 2 aromatic rings. The van der Waals surface area contributed by atoms with E-state index in [1.54, 1.807) is 18.2 Å². The maximum absolute atomic E-state index is 11.8. The van der Waals surface area contributed by atoms with Crippen LogP contribution in [0.2, 0.25) is 0 Å². The molecular weight excluding hydrogens is 295 g/mol. The summed E-state index contributed by atoms with van der Waals surface area (Å²) in [5.41, 5.74) is 0.369. The molecule has 1 heterocycles. The van der Waals surface area contributed by atoms with E-state index in [0.717, 1.165) is 6.07 Å². The summed E-state index contributed by atoms with van der Waals surface area (Å²) in [6, 6.07) is 5.84. The van der Waals surface area contributed by atoms with E-state index < -0.39 is 22.5 Å². The van der Waals surface area contributed by atoms with Gasteiger partial charge in [-0.1, -0.05) is 12.1 Å². The predicted molar refractivity (Wildman–Crippen MR) is 77.0 cm³/mol. The minimum absolute atomic E-state index is 0. The van der Waals surface area contributed by atoms with Crippen molar-refractivity contribution in [2.24, 2.45) is 0 Å². The SMILES string of the molecule is O=C(O)c1cc(=O)c2cccc(CC(Cl)CO)c2o1.[NaH]. The molecule has 0 spiro atoms. The monoisotopic (exact) mass is 306 g/mol. The molecular formula is C13H12ClNaO5. The van der Waals surface area contributed by atoms with Gasteiger partial charge < -0.3 is 14.6 Å². The summed E-state index contributed by atoms with van der Waals surface area (Å²) >= 11 is 5.86. The van der Waals surface area contributed by atoms with Crippen LogP contribution in [0.4, 0.5) is 0 Å². The summed E-state index contributed by atoms with van der Waals surface area (Å²) in [4.78, 5) is 22.7. The van der Waals surface area contributed by atoms with Gasteiger partial charge >= 0.3 is 35.5 Å². The van der Waals surface area contributed by atoms with Crippen LogP contribution in [0.5, 0.6) is 0 Å². The number of hydrogen-bond donors (Lipinski definition) is 2. The molecule has 1 atom stereocenters. The number of fused-ring (bicyclic) bond motifs is 1. The second-order valence-corrected chi connectivity index (χ2v) is 4.68. The predicted octanol–water partition coefficient (Wildman–Crippen LogP) is 0.985. The number of carboxylic acid groups (broad SMARTS) is 1. The van der Waals surface area contributed by atoms with Crippen LogP contribution in [0.15, 0.2) is 33.5 Å². The molecule has 0 fully saturated rings. The van der Waals surface area contributed by atoms with E-state index in [9.17, 15) is 9.59 Å². The van der Waals surface area contributed by atoms with Crippen molar-refractivity contribution in [2.45, 2.75) is 11.8 Å². The van der Waals surface area contributed by atoms with Crippen LogP contribution in [0.25, 0.3) is 11.0 Å². The van der Waals surface area contributed by atoms with Crippen molar-refractivity contribution >= 4 is 58.1 Å². The number of hydrogen-bond acceptors (Lipinski definition) is 4. The Labute approximate surface area is 141 Å². The number of halogens is 1. The normalized spacial score (nSPS) is 11.9. The molecule has 0 amide bonds. The van der Waals surface area contributed by atoms with E-state index in [1.807, 2.05) is 0 Å². The van der Waals surface area contributed by atoms with Crippen molar-refractivity contribution < 1.29 is 19.4 Å². The summed E-state index contributed by atoms with van der Waals surface area (Å²) < 4.78 is 5.24. The first kappa shape index (κ1) is 17.2. The van der Waals surface area contributed by atoms with Crippen LogP contribution in [-0.4, -0.2) is 57.7 Å². The van der Waals surface area contributed by atoms with Gasteiger partial charge in [0.25, 0.3) is 0 Å². The van der Waals surface area contributed by atoms with Crippen LogP contribution < -0.4 is 5.43 Å². The Bertz CT molecular complexity index is 682. The zero-order valence-electron chi connectivity index (χ0n) is 9.80. The number of benzene rings is 1. The number of rotatable bonds is 4. The fourth-order valence-electron chi connectivity index (χ4n) is 1.80. The summed E-state index contributed by atoms with van der Waals surface area (Å²) in [6.07, 6.45) is 0.279. The second kappa shape index (κ2) is 7.24. The molecule has 102 valence electrons. The average molecular weight is 307 g/mol. The Balaban J connectivity index is 0.00000200.